The molecule has 7 heteroatoms. The topological polar surface area (TPSA) is 89.0 Å². The van der Waals surface area contributed by atoms with E-state index in [4.69, 9.17) is 4.74 Å². The van der Waals surface area contributed by atoms with Crippen LogP contribution < -0.4 is 15.4 Å². The van der Waals surface area contributed by atoms with Gasteiger partial charge in [0.1, 0.15) is 11.6 Å². The van der Waals surface area contributed by atoms with Crippen LogP contribution in [0, 0.1) is 0 Å². The minimum absolute atomic E-state index is 0.0906. The molecule has 0 bridgehead atoms. The van der Waals surface area contributed by atoms with E-state index >= 15 is 0 Å². The van der Waals surface area contributed by atoms with Gasteiger partial charge in [-0.1, -0.05) is 24.3 Å². The molecule has 0 fully saturated rings. The zero-order valence-corrected chi connectivity index (χ0v) is 13.4. The first-order valence-electron chi connectivity index (χ1n) is 7.74. The van der Waals surface area contributed by atoms with E-state index in [2.05, 4.69) is 25.8 Å². The van der Waals surface area contributed by atoms with E-state index in [1.165, 1.54) is 0 Å². The Labute approximate surface area is 145 Å². The van der Waals surface area contributed by atoms with E-state index in [1.54, 1.807) is 36.7 Å². The average Bonchev–Trinajstić information content (AvgIpc) is 2.67. The lowest BCUT2D eigenvalue weighted by Crippen LogP contribution is -2.21. The van der Waals surface area contributed by atoms with Gasteiger partial charge >= 0.3 is 0 Å². The van der Waals surface area contributed by atoms with Gasteiger partial charge in [0.05, 0.1) is 0 Å². The molecule has 2 heterocycles. The first-order valence-corrected chi connectivity index (χ1v) is 7.74. The minimum Gasteiger partial charge on any atom is -0.484 e. The maximum Gasteiger partial charge on any atom is 0.263 e. The molecule has 0 aliphatic heterocycles. The van der Waals surface area contributed by atoms with Crippen LogP contribution in [0.2, 0.25) is 0 Å². The van der Waals surface area contributed by atoms with Crippen molar-refractivity contribution in [1.29, 1.82) is 0 Å². The van der Waals surface area contributed by atoms with E-state index in [0.29, 0.717) is 23.9 Å². The lowest BCUT2D eigenvalue weighted by atomic mass is 10.3. The predicted molar refractivity (Wildman–Crippen MR) is 94.2 cm³/mol. The molecule has 1 amide bonds. The van der Waals surface area contributed by atoms with Gasteiger partial charge in [-0.05, 0) is 35.9 Å². The molecule has 0 atom stereocenters. The summed E-state index contributed by atoms with van der Waals surface area (Å²) in [5, 5.41) is 13.8. The highest BCUT2D eigenvalue weighted by Gasteiger charge is 2.05. The number of nitrogens with one attached hydrogen (secondary N) is 2. The molecule has 3 aromatic rings. The Morgan fingerprint density at radius 3 is 2.48 bits per heavy atom. The molecule has 0 saturated heterocycles. The van der Waals surface area contributed by atoms with Crippen LogP contribution >= 0.6 is 0 Å². The summed E-state index contributed by atoms with van der Waals surface area (Å²) in [5.41, 5.74) is 1.04. The Kier molecular flexibility index (Phi) is 5.50. The van der Waals surface area contributed by atoms with Gasteiger partial charge in [0.25, 0.3) is 5.91 Å². The van der Waals surface area contributed by atoms with Crippen molar-refractivity contribution in [1.82, 2.24) is 15.2 Å². The molecule has 0 saturated carbocycles. The fourth-order valence-corrected chi connectivity index (χ4v) is 2.03. The predicted octanol–water partition coefficient (Wildman–Crippen LogP) is 2.50. The Hall–Kier alpha value is -3.48. The van der Waals surface area contributed by atoms with Crippen LogP contribution in [0.15, 0.2) is 67.0 Å². The van der Waals surface area contributed by atoms with E-state index in [9.17, 15) is 4.79 Å². The van der Waals surface area contributed by atoms with Gasteiger partial charge in [-0.15, -0.1) is 10.2 Å². The van der Waals surface area contributed by atoms with Crippen molar-refractivity contribution < 1.29 is 9.53 Å². The molecule has 7 nitrogen and oxygen atoms in total. The van der Waals surface area contributed by atoms with Crippen molar-refractivity contribution in [2.24, 2.45) is 0 Å². The number of aromatic nitrogens is 3. The van der Waals surface area contributed by atoms with Gasteiger partial charge in [-0.2, -0.15) is 0 Å². The van der Waals surface area contributed by atoms with E-state index in [1.807, 2.05) is 30.3 Å². The van der Waals surface area contributed by atoms with E-state index in [-0.39, 0.29) is 12.5 Å². The van der Waals surface area contributed by atoms with Crippen LogP contribution in [0.25, 0.3) is 0 Å². The molecule has 25 heavy (non-hydrogen) atoms. The second-order valence-corrected chi connectivity index (χ2v) is 5.17. The second-order valence-electron chi connectivity index (χ2n) is 5.17. The number of para-hydroxylation sites is 1. The van der Waals surface area contributed by atoms with Crippen molar-refractivity contribution in [3.63, 3.8) is 0 Å². The summed E-state index contributed by atoms with van der Waals surface area (Å²) in [4.78, 5) is 15.9. The fourth-order valence-electron chi connectivity index (χ4n) is 2.03. The quantitative estimate of drug-likeness (QED) is 0.689. The maximum absolute atomic E-state index is 11.9. The number of amides is 1. The normalized spacial score (nSPS) is 10.1. The summed E-state index contributed by atoms with van der Waals surface area (Å²) in [5.74, 6) is 1.32. The number of hydrogen-bond donors (Lipinski definition) is 2. The van der Waals surface area contributed by atoms with Crippen LogP contribution in [0.3, 0.4) is 0 Å². The Bertz CT molecular complexity index is 795. The molecule has 0 spiro atoms. The molecule has 3 rings (SSSR count). The van der Waals surface area contributed by atoms with Gasteiger partial charge in [0.15, 0.2) is 12.4 Å². The number of ether oxygens (including phenoxy) is 1. The van der Waals surface area contributed by atoms with Gasteiger partial charge < -0.3 is 15.4 Å². The van der Waals surface area contributed by atoms with Crippen molar-refractivity contribution >= 4 is 17.5 Å². The average molecular weight is 335 g/mol. The highest BCUT2D eigenvalue weighted by molar-refractivity contribution is 5.90. The summed E-state index contributed by atoms with van der Waals surface area (Å²) in [7, 11) is 0. The number of carbonyl (C=O) groups is 1. The molecule has 1 aromatic carbocycles. The van der Waals surface area contributed by atoms with Crippen molar-refractivity contribution in [2.45, 2.75) is 6.54 Å². The third-order valence-electron chi connectivity index (χ3n) is 3.24. The van der Waals surface area contributed by atoms with Crippen molar-refractivity contribution in [2.75, 3.05) is 17.2 Å². The highest BCUT2D eigenvalue weighted by atomic mass is 16.5. The first-order chi connectivity index (χ1) is 12.3. The van der Waals surface area contributed by atoms with Crippen molar-refractivity contribution in [3.8, 4) is 5.75 Å². The fraction of sp³-hybridized carbons (Fsp3) is 0.111. The second kappa shape index (κ2) is 8.39. The van der Waals surface area contributed by atoms with Crippen LogP contribution in [0.4, 0.5) is 11.6 Å². The van der Waals surface area contributed by atoms with Crippen molar-refractivity contribution in [3.05, 3.63) is 72.6 Å². The highest BCUT2D eigenvalue weighted by Crippen LogP contribution is 2.10. The Morgan fingerprint density at radius 1 is 0.960 bits per heavy atom. The maximum atomic E-state index is 11.9. The summed E-state index contributed by atoms with van der Waals surface area (Å²) in [6.07, 6.45) is 3.50. The number of pyridine rings is 1. The largest absolute Gasteiger partial charge is 0.484 e. The zero-order chi connectivity index (χ0) is 17.3. The van der Waals surface area contributed by atoms with E-state index in [0.717, 1.165) is 5.56 Å². The minimum atomic E-state index is -0.297. The molecule has 126 valence electrons. The molecule has 0 aliphatic rings. The van der Waals surface area contributed by atoms with Gasteiger partial charge in [-0.3, -0.25) is 9.78 Å². The Balaban J connectivity index is 1.46. The van der Waals surface area contributed by atoms with Gasteiger partial charge in [0.2, 0.25) is 0 Å². The molecular formula is C18H17N5O2. The zero-order valence-electron chi connectivity index (χ0n) is 13.4. The molecule has 0 aliphatic carbocycles. The lowest BCUT2D eigenvalue weighted by Gasteiger charge is -2.08. The number of hydrogen-bond acceptors (Lipinski definition) is 6. The molecule has 0 unspecified atom stereocenters. The summed E-state index contributed by atoms with van der Waals surface area (Å²) >= 11 is 0. The number of anilines is 2. The van der Waals surface area contributed by atoms with Crippen LogP contribution in [-0.2, 0) is 11.3 Å². The first kappa shape index (κ1) is 16.4. The summed E-state index contributed by atoms with van der Waals surface area (Å²) in [6.45, 7) is 0.506. The van der Waals surface area contributed by atoms with Gasteiger partial charge in [0, 0.05) is 18.9 Å². The monoisotopic (exact) mass is 335 g/mol. The summed E-state index contributed by atoms with van der Waals surface area (Å²) < 4.78 is 5.37. The van der Waals surface area contributed by atoms with Crippen LogP contribution in [0.1, 0.15) is 5.56 Å². The Morgan fingerprint density at radius 2 is 1.76 bits per heavy atom. The number of benzene rings is 1. The number of rotatable bonds is 7. The molecule has 2 N–H and O–H groups in total. The third-order valence-corrected chi connectivity index (χ3v) is 3.24. The summed E-state index contributed by atoms with van der Waals surface area (Å²) in [6, 6.07) is 16.4. The number of carbonyl (C=O) groups excluding carboxylic acids is 1. The van der Waals surface area contributed by atoms with Crippen LogP contribution in [0.5, 0.6) is 5.75 Å². The lowest BCUT2D eigenvalue weighted by molar-refractivity contribution is -0.118. The van der Waals surface area contributed by atoms with E-state index < -0.39 is 0 Å². The molecule has 2 aromatic heterocycles. The third kappa shape index (κ3) is 5.28. The number of nitrogens with zero attached hydrogens (tertiary/aromatic N) is 3. The SMILES string of the molecule is O=C(COc1ccccc1)Nc1ccc(NCc2cccnc2)nn1. The molecular weight excluding hydrogens is 318 g/mol. The standard InChI is InChI=1S/C18H17N5O2/c24-18(13-25-15-6-2-1-3-7-15)21-17-9-8-16(22-23-17)20-12-14-5-4-10-19-11-14/h1-11H,12-13H2,(H,20,22)(H,21,23,24). The van der Waals surface area contributed by atoms with Gasteiger partial charge in [-0.25, -0.2) is 0 Å². The van der Waals surface area contributed by atoms with Crippen LogP contribution in [-0.4, -0.2) is 27.7 Å². The molecule has 0 radical (unpaired) electrons. The smallest absolute Gasteiger partial charge is 0.263 e.